The smallest absolute Gasteiger partial charge is 0.241 e. The molecule has 1 amide bonds. The van der Waals surface area contributed by atoms with Crippen LogP contribution in [-0.4, -0.2) is 20.9 Å². The summed E-state index contributed by atoms with van der Waals surface area (Å²) < 4.78 is 27.7. The Morgan fingerprint density at radius 3 is 2.19 bits per heavy atom. The zero-order valence-corrected chi connectivity index (χ0v) is 16.8. The first kappa shape index (κ1) is 20.1. The van der Waals surface area contributed by atoms with Crippen molar-refractivity contribution in [1.29, 1.82) is 0 Å². The Bertz CT molecular complexity index is 911. The van der Waals surface area contributed by atoms with Crippen LogP contribution in [0.3, 0.4) is 0 Å². The molecule has 6 heteroatoms. The van der Waals surface area contributed by atoms with E-state index < -0.39 is 10.0 Å². The van der Waals surface area contributed by atoms with Crippen LogP contribution >= 0.6 is 0 Å². The Hall–Kier alpha value is -2.18. The molecule has 0 aromatic heterocycles. The molecule has 2 aromatic rings. The molecule has 0 aliphatic rings. The Balaban J connectivity index is 2.01. The monoisotopic (exact) mass is 374 g/mol. The summed E-state index contributed by atoms with van der Waals surface area (Å²) in [5.41, 5.74) is 5.28. The van der Waals surface area contributed by atoms with Crippen molar-refractivity contribution < 1.29 is 13.2 Å². The zero-order chi connectivity index (χ0) is 19.5. The third-order valence-corrected chi connectivity index (χ3v) is 6.16. The maximum Gasteiger partial charge on any atom is 0.241 e. The molecule has 2 aromatic carbocycles. The van der Waals surface area contributed by atoms with Gasteiger partial charge in [0.05, 0.1) is 4.90 Å². The molecule has 0 fully saturated rings. The van der Waals surface area contributed by atoms with Crippen molar-refractivity contribution in [1.82, 2.24) is 4.72 Å². The standard InChI is InChI=1S/C20H26N2O3S/c1-13-11-15(3)20(16(4)12-13)26(24,25)21-10-9-19(23)22-18-8-6-7-14(2)17(18)5/h6-8,11-12,21H,9-10H2,1-5H3,(H,22,23). The van der Waals surface area contributed by atoms with Crippen molar-refractivity contribution in [2.45, 2.75) is 45.9 Å². The van der Waals surface area contributed by atoms with E-state index in [0.717, 1.165) is 22.4 Å². The van der Waals surface area contributed by atoms with Crippen molar-refractivity contribution in [2.24, 2.45) is 0 Å². The second-order valence-electron chi connectivity index (χ2n) is 6.67. The third-order valence-electron chi connectivity index (χ3n) is 4.40. The van der Waals surface area contributed by atoms with Crippen LogP contribution in [0.5, 0.6) is 0 Å². The molecule has 0 saturated carbocycles. The van der Waals surface area contributed by atoms with E-state index in [9.17, 15) is 13.2 Å². The second kappa shape index (κ2) is 8.01. The third kappa shape index (κ3) is 4.71. The quantitative estimate of drug-likeness (QED) is 0.812. The van der Waals surface area contributed by atoms with Gasteiger partial charge in [-0.2, -0.15) is 0 Å². The second-order valence-corrected chi connectivity index (χ2v) is 8.38. The Morgan fingerprint density at radius 1 is 0.962 bits per heavy atom. The molecule has 0 aliphatic heterocycles. The fraction of sp³-hybridized carbons (Fsp3) is 0.350. The lowest BCUT2D eigenvalue weighted by Crippen LogP contribution is -2.29. The first-order valence-electron chi connectivity index (χ1n) is 8.55. The molecule has 140 valence electrons. The van der Waals surface area contributed by atoms with Crippen LogP contribution in [-0.2, 0) is 14.8 Å². The first-order valence-corrected chi connectivity index (χ1v) is 10.0. The highest BCUT2D eigenvalue weighted by Gasteiger charge is 2.19. The zero-order valence-electron chi connectivity index (χ0n) is 15.9. The van der Waals surface area contributed by atoms with Gasteiger partial charge in [0, 0.05) is 18.7 Å². The number of sulfonamides is 1. The fourth-order valence-corrected chi connectivity index (χ4v) is 4.54. The SMILES string of the molecule is Cc1cc(C)c(S(=O)(=O)NCCC(=O)Nc2cccc(C)c2C)c(C)c1. The van der Waals surface area contributed by atoms with Crippen molar-refractivity contribution in [3.05, 3.63) is 58.1 Å². The minimum atomic E-state index is -3.65. The largest absolute Gasteiger partial charge is 0.326 e. The fourth-order valence-electron chi connectivity index (χ4n) is 3.06. The van der Waals surface area contributed by atoms with Crippen LogP contribution in [0.2, 0.25) is 0 Å². The highest BCUT2D eigenvalue weighted by Crippen LogP contribution is 2.21. The van der Waals surface area contributed by atoms with E-state index in [1.165, 1.54) is 0 Å². The van der Waals surface area contributed by atoms with Crippen LogP contribution in [0.25, 0.3) is 0 Å². The number of carbonyl (C=O) groups excluding carboxylic acids is 1. The maximum absolute atomic E-state index is 12.6. The summed E-state index contributed by atoms with van der Waals surface area (Å²) in [7, 11) is -3.65. The number of anilines is 1. The molecule has 0 saturated heterocycles. The number of carbonyl (C=O) groups is 1. The highest BCUT2D eigenvalue weighted by molar-refractivity contribution is 7.89. The highest BCUT2D eigenvalue weighted by atomic mass is 32.2. The summed E-state index contributed by atoms with van der Waals surface area (Å²) in [4.78, 5) is 12.4. The van der Waals surface area contributed by atoms with Gasteiger partial charge in [0.15, 0.2) is 0 Å². The van der Waals surface area contributed by atoms with Gasteiger partial charge in [-0.15, -0.1) is 0 Å². The molecular formula is C20H26N2O3S. The molecular weight excluding hydrogens is 348 g/mol. The molecule has 0 unspecified atom stereocenters. The van der Waals surface area contributed by atoms with Gasteiger partial charge in [-0.1, -0.05) is 29.8 Å². The van der Waals surface area contributed by atoms with Crippen molar-refractivity contribution >= 4 is 21.6 Å². The average Bonchev–Trinajstić information content (AvgIpc) is 2.50. The van der Waals surface area contributed by atoms with E-state index in [0.29, 0.717) is 11.1 Å². The topological polar surface area (TPSA) is 75.3 Å². The number of aryl methyl sites for hydroxylation is 4. The first-order chi connectivity index (χ1) is 12.1. The molecule has 0 bridgehead atoms. The Labute approximate surface area is 155 Å². The molecule has 0 aliphatic carbocycles. The number of benzene rings is 2. The van der Waals surface area contributed by atoms with E-state index in [1.54, 1.807) is 13.8 Å². The van der Waals surface area contributed by atoms with Gasteiger partial charge in [0.2, 0.25) is 15.9 Å². The van der Waals surface area contributed by atoms with Crippen LogP contribution < -0.4 is 10.0 Å². The van der Waals surface area contributed by atoms with Crippen molar-refractivity contribution in [3.8, 4) is 0 Å². The Kier molecular flexibility index (Phi) is 6.21. The number of hydrogen-bond donors (Lipinski definition) is 2. The minimum absolute atomic E-state index is 0.0474. The summed E-state index contributed by atoms with van der Waals surface area (Å²) in [6, 6.07) is 9.38. The molecule has 0 heterocycles. The van der Waals surface area contributed by atoms with Gasteiger partial charge >= 0.3 is 0 Å². The van der Waals surface area contributed by atoms with E-state index in [4.69, 9.17) is 0 Å². The predicted molar refractivity (Wildman–Crippen MR) is 105 cm³/mol. The lowest BCUT2D eigenvalue weighted by Gasteiger charge is -2.13. The summed E-state index contributed by atoms with van der Waals surface area (Å²) in [5, 5.41) is 2.83. The van der Waals surface area contributed by atoms with Gasteiger partial charge in [-0.3, -0.25) is 4.79 Å². The normalized spacial score (nSPS) is 11.4. The number of amides is 1. The molecule has 0 radical (unpaired) electrons. The maximum atomic E-state index is 12.6. The summed E-state index contributed by atoms with van der Waals surface area (Å²) in [6.45, 7) is 9.46. The van der Waals surface area contributed by atoms with Crippen LogP contribution in [0.1, 0.15) is 34.2 Å². The number of nitrogens with one attached hydrogen (secondary N) is 2. The molecule has 2 rings (SSSR count). The Morgan fingerprint density at radius 2 is 1.58 bits per heavy atom. The lowest BCUT2D eigenvalue weighted by atomic mass is 10.1. The van der Waals surface area contributed by atoms with Crippen LogP contribution in [0, 0.1) is 34.6 Å². The summed E-state index contributed by atoms with van der Waals surface area (Å²) in [6.07, 6.45) is 0.0660. The average molecular weight is 375 g/mol. The van der Waals surface area contributed by atoms with E-state index >= 15 is 0 Å². The predicted octanol–water partition coefficient (Wildman–Crippen LogP) is 3.54. The summed E-state index contributed by atoms with van der Waals surface area (Å²) >= 11 is 0. The van der Waals surface area contributed by atoms with Gasteiger partial charge in [-0.05, 0) is 62.9 Å². The molecule has 2 N–H and O–H groups in total. The van der Waals surface area contributed by atoms with Gasteiger partial charge in [-0.25, -0.2) is 13.1 Å². The minimum Gasteiger partial charge on any atom is -0.326 e. The number of rotatable bonds is 6. The van der Waals surface area contributed by atoms with Gasteiger partial charge in [0.1, 0.15) is 0 Å². The van der Waals surface area contributed by atoms with E-state index in [-0.39, 0.29) is 23.8 Å². The molecule has 26 heavy (non-hydrogen) atoms. The van der Waals surface area contributed by atoms with Crippen LogP contribution in [0.4, 0.5) is 5.69 Å². The van der Waals surface area contributed by atoms with Gasteiger partial charge < -0.3 is 5.32 Å². The van der Waals surface area contributed by atoms with Crippen molar-refractivity contribution in [2.75, 3.05) is 11.9 Å². The lowest BCUT2D eigenvalue weighted by molar-refractivity contribution is -0.116. The number of hydrogen-bond acceptors (Lipinski definition) is 3. The van der Waals surface area contributed by atoms with Crippen LogP contribution in [0.15, 0.2) is 35.2 Å². The van der Waals surface area contributed by atoms with E-state index in [1.807, 2.05) is 51.1 Å². The van der Waals surface area contributed by atoms with Gasteiger partial charge in [0.25, 0.3) is 0 Å². The molecule has 0 spiro atoms. The summed E-state index contributed by atoms with van der Waals surface area (Å²) in [5.74, 6) is -0.223. The van der Waals surface area contributed by atoms with Crippen molar-refractivity contribution in [3.63, 3.8) is 0 Å². The molecule has 5 nitrogen and oxygen atoms in total. The molecule has 0 atom stereocenters. The van der Waals surface area contributed by atoms with E-state index in [2.05, 4.69) is 10.0 Å².